The molecule has 1 aromatic rings. The number of rotatable bonds is 5. The van der Waals surface area contributed by atoms with Gasteiger partial charge in [-0.3, -0.25) is 14.9 Å². The molecule has 0 spiro atoms. The highest BCUT2D eigenvalue weighted by Gasteiger charge is 2.34. The molecule has 0 fully saturated rings. The molecule has 2 rings (SSSR count). The Labute approximate surface area is 127 Å². The molecule has 0 atom stereocenters. The normalized spacial score (nSPS) is 15.2. The fraction of sp³-hybridized carbons (Fsp3) is 0.333. The number of amides is 2. The summed E-state index contributed by atoms with van der Waals surface area (Å²) in [6.07, 6.45) is 1.30. The Morgan fingerprint density at radius 3 is 2.27 bits per heavy atom. The zero-order chi connectivity index (χ0) is 16.3. The molecule has 1 heterocycles. The van der Waals surface area contributed by atoms with Crippen LogP contribution >= 0.6 is 0 Å². The molecule has 0 bridgehead atoms. The van der Waals surface area contributed by atoms with Crippen LogP contribution in [0.5, 0.6) is 17.2 Å². The molecule has 118 valence electrons. The maximum atomic E-state index is 12.1. The number of hydrogen-bond acceptors (Lipinski definition) is 6. The Bertz CT molecular complexity index is 650. The van der Waals surface area contributed by atoms with Gasteiger partial charge in [-0.05, 0) is 13.0 Å². The first-order valence-electron chi connectivity index (χ1n) is 6.59. The Morgan fingerprint density at radius 1 is 1.05 bits per heavy atom. The second-order valence-electron chi connectivity index (χ2n) is 4.34. The monoisotopic (exact) mass is 307 g/mol. The summed E-state index contributed by atoms with van der Waals surface area (Å²) >= 11 is 0. The number of carbonyl (C=O) groups is 2. The van der Waals surface area contributed by atoms with Crippen LogP contribution < -0.4 is 19.5 Å². The molecule has 1 aromatic carbocycles. The van der Waals surface area contributed by atoms with Crippen molar-refractivity contribution in [1.29, 1.82) is 0 Å². The van der Waals surface area contributed by atoms with E-state index in [1.807, 2.05) is 0 Å². The molecule has 1 N–H and O–H groups in total. The van der Waals surface area contributed by atoms with Crippen molar-refractivity contribution in [3.8, 4) is 17.2 Å². The second kappa shape index (κ2) is 6.38. The van der Waals surface area contributed by atoms with Gasteiger partial charge in [0.25, 0.3) is 11.8 Å². The third-order valence-electron chi connectivity index (χ3n) is 3.18. The average Bonchev–Trinajstić information content (AvgIpc) is 2.52. The van der Waals surface area contributed by atoms with E-state index in [4.69, 9.17) is 18.9 Å². The second-order valence-corrected chi connectivity index (χ2v) is 4.34. The van der Waals surface area contributed by atoms with E-state index in [1.54, 1.807) is 6.92 Å². The van der Waals surface area contributed by atoms with Crippen molar-refractivity contribution in [2.45, 2.75) is 6.92 Å². The van der Waals surface area contributed by atoms with Crippen molar-refractivity contribution in [2.75, 3.05) is 27.9 Å². The van der Waals surface area contributed by atoms with Crippen LogP contribution in [-0.4, -0.2) is 39.8 Å². The van der Waals surface area contributed by atoms with Gasteiger partial charge in [0, 0.05) is 5.56 Å². The van der Waals surface area contributed by atoms with Crippen LogP contribution in [0.25, 0.3) is 5.57 Å². The molecule has 0 unspecified atom stereocenters. The van der Waals surface area contributed by atoms with Gasteiger partial charge >= 0.3 is 0 Å². The first-order valence-corrected chi connectivity index (χ1v) is 6.59. The van der Waals surface area contributed by atoms with Gasteiger partial charge in [-0.25, -0.2) is 0 Å². The minimum atomic E-state index is -0.559. The number of hydrogen-bond donors (Lipinski definition) is 1. The van der Waals surface area contributed by atoms with E-state index in [0.717, 1.165) is 0 Å². The summed E-state index contributed by atoms with van der Waals surface area (Å²) in [7, 11) is 4.32. The van der Waals surface area contributed by atoms with Gasteiger partial charge in [0.05, 0.1) is 45.3 Å². The van der Waals surface area contributed by atoms with E-state index in [-0.39, 0.29) is 16.9 Å². The van der Waals surface area contributed by atoms with Crippen LogP contribution in [0, 0.1) is 0 Å². The third-order valence-corrected chi connectivity index (χ3v) is 3.18. The first kappa shape index (κ1) is 15.7. The molecule has 0 saturated carbocycles. The zero-order valence-electron chi connectivity index (χ0n) is 12.8. The van der Waals surface area contributed by atoms with Crippen molar-refractivity contribution >= 4 is 17.4 Å². The molecule has 0 aliphatic carbocycles. The molecular weight excluding hydrogens is 290 g/mol. The van der Waals surface area contributed by atoms with Crippen LogP contribution in [0.4, 0.5) is 0 Å². The smallest absolute Gasteiger partial charge is 0.262 e. The van der Waals surface area contributed by atoms with Crippen LogP contribution in [0.2, 0.25) is 0 Å². The number of ether oxygens (including phenoxy) is 4. The van der Waals surface area contributed by atoms with Gasteiger partial charge in [-0.15, -0.1) is 0 Å². The maximum absolute atomic E-state index is 12.1. The fourth-order valence-corrected chi connectivity index (χ4v) is 2.23. The van der Waals surface area contributed by atoms with Crippen LogP contribution in [0.15, 0.2) is 12.3 Å². The van der Waals surface area contributed by atoms with Crippen molar-refractivity contribution in [3.05, 3.63) is 23.5 Å². The number of imide groups is 1. The Morgan fingerprint density at radius 2 is 1.73 bits per heavy atom. The van der Waals surface area contributed by atoms with Crippen molar-refractivity contribution < 1.29 is 28.5 Å². The topological polar surface area (TPSA) is 83.1 Å². The minimum absolute atomic E-state index is 0.189. The summed E-state index contributed by atoms with van der Waals surface area (Å²) in [4.78, 5) is 24.2. The van der Waals surface area contributed by atoms with E-state index in [0.29, 0.717) is 23.7 Å². The summed E-state index contributed by atoms with van der Waals surface area (Å²) in [5.74, 6) is -0.220. The average molecular weight is 307 g/mol. The van der Waals surface area contributed by atoms with E-state index >= 15 is 0 Å². The molecule has 0 radical (unpaired) electrons. The quantitative estimate of drug-likeness (QED) is 0.502. The van der Waals surface area contributed by atoms with Gasteiger partial charge in [-0.1, -0.05) is 0 Å². The fourth-order valence-electron chi connectivity index (χ4n) is 2.23. The molecule has 1 aliphatic heterocycles. The molecule has 7 heteroatoms. The third kappa shape index (κ3) is 2.45. The predicted octanol–water partition coefficient (Wildman–Crippen LogP) is 1.36. The van der Waals surface area contributed by atoms with E-state index in [1.165, 1.54) is 33.7 Å². The highest BCUT2D eigenvalue weighted by atomic mass is 16.5. The van der Waals surface area contributed by atoms with Crippen molar-refractivity contribution in [1.82, 2.24) is 5.32 Å². The van der Waals surface area contributed by atoms with Gasteiger partial charge in [-0.2, -0.15) is 0 Å². The molecule has 22 heavy (non-hydrogen) atoms. The van der Waals surface area contributed by atoms with E-state index in [9.17, 15) is 9.59 Å². The molecule has 0 aromatic heterocycles. The highest BCUT2D eigenvalue weighted by Crippen LogP contribution is 2.45. The summed E-state index contributed by atoms with van der Waals surface area (Å²) in [5.41, 5.74) is 0.761. The molecular formula is C15H17NO6. The van der Waals surface area contributed by atoms with Gasteiger partial charge in [0.1, 0.15) is 0 Å². The summed E-state index contributed by atoms with van der Waals surface area (Å²) in [6.45, 7) is 2.17. The molecule has 7 nitrogen and oxygen atoms in total. The lowest BCUT2D eigenvalue weighted by molar-refractivity contribution is -0.115. The van der Waals surface area contributed by atoms with Crippen LogP contribution in [0.1, 0.15) is 22.8 Å². The number of nitrogens with one attached hydrogen (secondary N) is 1. The zero-order valence-corrected chi connectivity index (χ0v) is 12.8. The molecule has 1 aliphatic rings. The Balaban J connectivity index is 2.80. The molecule has 0 saturated heterocycles. The minimum Gasteiger partial charge on any atom is -0.501 e. The number of fused-ring (bicyclic) bond motifs is 1. The van der Waals surface area contributed by atoms with Gasteiger partial charge < -0.3 is 18.9 Å². The maximum Gasteiger partial charge on any atom is 0.262 e. The van der Waals surface area contributed by atoms with Crippen LogP contribution in [0.3, 0.4) is 0 Å². The summed E-state index contributed by atoms with van der Waals surface area (Å²) in [6, 6.07) is 1.50. The summed E-state index contributed by atoms with van der Waals surface area (Å²) in [5, 5.41) is 2.26. The van der Waals surface area contributed by atoms with Gasteiger partial charge in [0.15, 0.2) is 11.5 Å². The highest BCUT2D eigenvalue weighted by molar-refractivity contribution is 6.31. The van der Waals surface area contributed by atoms with Crippen molar-refractivity contribution in [2.24, 2.45) is 0 Å². The standard InChI is InChI=1S/C15H17NO6/c1-5-22-7-9-11-8(14(17)16-15(9)18)6-10(19-2)12(20-3)13(11)21-4/h6-7H,5H2,1-4H3,(H,16,17,18)/b9-7-. The molecule has 2 amide bonds. The number of carbonyl (C=O) groups excluding carboxylic acids is 2. The SMILES string of the molecule is CCO/C=C1\C(=O)NC(=O)c2cc(OC)c(OC)c(OC)c21. The summed E-state index contributed by atoms with van der Waals surface area (Å²) < 4.78 is 21.1. The van der Waals surface area contributed by atoms with E-state index in [2.05, 4.69) is 5.32 Å². The Hall–Kier alpha value is -2.70. The number of benzene rings is 1. The van der Waals surface area contributed by atoms with Crippen LogP contribution in [-0.2, 0) is 9.53 Å². The lowest BCUT2D eigenvalue weighted by Crippen LogP contribution is -2.37. The largest absolute Gasteiger partial charge is 0.501 e. The first-order chi connectivity index (χ1) is 10.6. The predicted molar refractivity (Wildman–Crippen MR) is 78.2 cm³/mol. The number of methoxy groups -OCH3 is 3. The van der Waals surface area contributed by atoms with E-state index < -0.39 is 11.8 Å². The van der Waals surface area contributed by atoms with Gasteiger partial charge in [0.2, 0.25) is 5.75 Å². The van der Waals surface area contributed by atoms with Crippen molar-refractivity contribution in [3.63, 3.8) is 0 Å². The Kier molecular flexibility index (Phi) is 4.55. The lowest BCUT2D eigenvalue weighted by atomic mass is 9.93. The lowest BCUT2D eigenvalue weighted by Gasteiger charge is -2.23.